The van der Waals surface area contributed by atoms with E-state index in [9.17, 15) is 0 Å². The van der Waals surface area contributed by atoms with Crippen molar-refractivity contribution in [2.75, 3.05) is 0 Å². The number of benzene rings is 1. The minimum Gasteiger partial charge on any atom is -0.261 e. The molecular formula is C15H8Cl2N6S. The Kier molecular flexibility index (Phi) is 3.97. The minimum atomic E-state index is 0.554. The van der Waals surface area contributed by atoms with E-state index in [1.165, 1.54) is 11.3 Å². The standard InChI is InChI=1S/C15H8Cl2N6S/c16-10-3-1-9(11(17)7-10)2-4-13-22-23-14(20-21-15(23)24-13)12-8-18-5-6-19-12/h1-8H/b4-2+. The molecule has 0 aliphatic carbocycles. The summed E-state index contributed by atoms with van der Waals surface area (Å²) >= 11 is 13.5. The van der Waals surface area contributed by atoms with Crippen molar-refractivity contribution < 1.29 is 0 Å². The molecule has 118 valence electrons. The molecule has 6 nitrogen and oxygen atoms in total. The molecule has 3 heterocycles. The van der Waals surface area contributed by atoms with Gasteiger partial charge in [-0.25, -0.2) is 4.98 Å². The van der Waals surface area contributed by atoms with Crippen LogP contribution in [0.5, 0.6) is 0 Å². The maximum absolute atomic E-state index is 6.16. The van der Waals surface area contributed by atoms with Crippen molar-refractivity contribution in [1.82, 2.24) is 29.8 Å². The van der Waals surface area contributed by atoms with E-state index in [4.69, 9.17) is 23.2 Å². The van der Waals surface area contributed by atoms with E-state index < -0.39 is 0 Å². The van der Waals surface area contributed by atoms with Gasteiger partial charge in [-0.1, -0.05) is 46.7 Å². The molecule has 0 atom stereocenters. The summed E-state index contributed by atoms with van der Waals surface area (Å²) in [7, 11) is 0. The molecule has 3 aromatic heterocycles. The first-order chi connectivity index (χ1) is 11.7. The first-order valence-corrected chi connectivity index (χ1v) is 8.40. The van der Waals surface area contributed by atoms with Crippen LogP contribution >= 0.6 is 34.5 Å². The van der Waals surface area contributed by atoms with Gasteiger partial charge >= 0.3 is 0 Å². The Balaban J connectivity index is 1.69. The lowest BCUT2D eigenvalue weighted by Gasteiger charge is -1.97. The van der Waals surface area contributed by atoms with E-state index in [1.54, 1.807) is 35.2 Å². The normalized spacial score (nSPS) is 11.6. The van der Waals surface area contributed by atoms with E-state index >= 15 is 0 Å². The predicted octanol–water partition coefficient (Wildman–Crippen LogP) is 4.12. The fourth-order valence-electron chi connectivity index (χ4n) is 2.07. The SMILES string of the molecule is Clc1ccc(/C=C/c2nn3c(-c4cnccn4)nnc3s2)c(Cl)c1. The van der Waals surface area contributed by atoms with Gasteiger partial charge < -0.3 is 0 Å². The number of hydrogen-bond donors (Lipinski definition) is 0. The summed E-state index contributed by atoms with van der Waals surface area (Å²) in [5.74, 6) is 0.554. The Morgan fingerprint density at radius 2 is 2.00 bits per heavy atom. The highest BCUT2D eigenvalue weighted by molar-refractivity contribution is 7.17. The first kappa shape index (κ1) is 15.2. The molecule has 4 rings (SSSR count). The van der Waals surface area contributed by atoms with Gasteiger partial charge in [-0.3, -0.25) is 4.98 Å². The third-order valence-electron chi connectivity index (χ3n) is 3.17. The second kappa shape index (κ2) is 6.27. The molecule has 4 aromatic rings. The zero-order chi connectivity index (χ0) is 16.5. The lowest BCUT2D eigenvalue weighted by atomic mass is 10.2. The molecule has 0 fully saturated rings. The van der Waals surface area contributed by atoms with E-state index in [0.717, 1.165) is 10.6 Å². The van der Waals surface area contributed by atoms with Crippen LogP contribution in [0, 0.1) is 0 Å². The van der Waals surface area contributed by atoms with Crippen LogP contribution in [0.3, 0.4) is 0 Å². The summed E-state index contributed by atoms with van der Waals surface area (Å²) < 4.78 is 1.65. The highest BCUT2D eigenvalue weighted by Crippen LogP contribution is 2.24. The largest absolute Gasteiger partial charge is 0.261 e. The summed E-state index contributed by atoms with van der Waals surface area (Å²) in [5, 5.41) is 14.7. The average Bonchev–Trinajstić information content (AvgIpc) is 3.15. The summed E-state index contributed by atoms with van der Waals surface area (Å²) in [6.45, 7) is 0. The fourth-order valence-corrected chi connectivity index (χ4v) is 3.28. The molecule has 0 aliphatic rings. The van der Waals surface area contributed by atoms with Gasteiger partial charge in [0, 0.05) is 22.4 Å². The molecule has 0 saturated heterocycles. The van der Waals surface area contributed by atoms with Crippen LogP contribution in [0.25, 0.3) is 28.6 Å². The Morgan fingerprint density at radius 1 is 1.08 bits per heavy atom. The molecule has 0 unspecified atom stereocenters. The van der Waals surface area contributed by atoms with E-state index in [2.05, 4.69) is 25.3 Å². The first-order valence-electron chi connectivity index (χ1n) is 6.82. The maximum Gasteiger partial charge on any atom is 0.235 e. The molecule has 0 N–H and O–H groups in total. The van der Waals surface area contributed by atoms with E-state index in [1.807, 2.05) is 18.2 Å². The third-order valence-corrected chi connectivity index (χ3v) is 4.59. The molecular weight excluding hydrogens is 367 g/mol. The lowest BCUT2D eigenvalue weighted by molar-refractivity contribution is 0.948. The number of halogens is 2. The number of nitrogens with zero attached hydrogens (tertiary/aromatic N) is 6. The van der Waals surface area contributed by atoms with Gasteiger partial charge in [0.05, 0.1) is 6.20 Å². The van der Waals surface area contributed by atoms with Crippen molar-refractivity contribution in [2.45, 2.75) is 0 Å². The van der Waals surface area contributed by atoms with Gasteiger partial charge in [-0.05, 0) is 23.8 Å². The Hall–Kier alpha value is -2.35. The van der Waals surface area contributed by atoms with Crippen molar-refractivity contribution in [3.05, 3.63) is 57.4 Å². The molecule has 0 saturated carbocycles. The molecule has 0 bridgehead atoms. The highest BCUT2D eigenvalue weighted by Gasteiger charge is 2.13. The fraction of sp³-hybridized carbons (Fsp3) is 0. The molecule has 0 amide bonds. The number of aromatic nitrogens is 6. The van der Waals surface area contributed by atoms with Crippen molar-refractivity contribution >= 4 is 51.7 Å². The lowest BCUT2D eigenvalue weighted by Crippen LogP contribution is -1.93. The second-order valence-electron chi connectivity index (χ2n) is 4.75. The zero-order valence-electron chi connectivity index (χ0n) is 12.0. The van der Waals surface area contributed by atoms with Gasteiger partial charge in [0.25, 0.3) is 0 Å². The molecule has 24 heavy (non-hydrogen) atoms. The van der Waals surface area contributed by atoms with Crippen LogP contribution in [0.4, 0.5) is 0 Å². The van der Waals surface area contributed by atoms with Crippen LogP contribution < -0.4 is 0 Å². The van der Waals surface area contributed by atoms with E-state index in [-0.39, 0.29) is 0 Å². The van der Waals surface area contributed by atoms with Crippen LogP contribution in [0.1, 0.15) is 10.6 Å². The van der Waals surface area contributed by atoms with Crippen LogP contribution in [0.2, 0.25) is 10.0 Å². The Morgan fingerprint density at radius 3 is 2.79 bits per heavy atom. The highest BCUT2D eigenvalue weighted by atomic mass is 35.5. The van der Waals surface area contributed by atoms with E-state index in [0.29, 0.717) is 26.5 Å². The summed E-state index contributed by atoms with van der Waals surface area (Å²) in [6.07, 6.45) is 8.58. The predicted molar refractivity (Wildman–Crippen MR) is 95.1 cm³/mol. The van der Waals surface area contributed by atoms with Crippen LogP contribution in [0.15, 0.2) is 36.8 Å². The van der Waals surface area contributed by atoms with Crippen molar-refractivity contribution in [1.29, 1.82) is 0 Å². The monoisotopic (exact) mass is 374 g/mol. The average molecular weight is 375 g/mol. The molecule has 0 spiro atoms. The number of fused-ring (bicyclic) bond motifs is 1. The van der Waals surface area contributed by atoms with Crippen molar-refractivity contribution in [2.24, 2.45) is 0 Å². The Labute approximate surface area is 150 Å². The molecule has 9 heteroatoms. The van der Waals surface area contributed by atoms with Gasteiger partial charge in [-0.15, -0.1) is 10.2 Å². The van der Waals surface area contributed by atoms with Gasteiger partial charge in [0.2, 0.25) is 10.8 Å². The zero-order valence-corrected chi connectivity index (χ0v) is 14.3. The topological polar surface area (TPSA) is 68.9 Å². The van der Waals surface area contributed by atoms with Crippen molar-refractivity contribution in [3.63, 3.8) is 0 Å². The molecule has 1 aromatic carbocycles. The second-order valence-corrected chi connectivity index (χ2v) is 6.58. The van der Waals surface area contributed by atoms with Gasteiger partial charge in [0.15, 0.2) is 0 Å². The smallest absolute Gasteiger partial charge is 0.235 e. The van der Waals surface area contributed by atoms with Crippen LogP contribution in [-0.4, -0.2) is 29.8 Å². The summed E-state index contributed by atoms with van der Waals surface area (Å²) in [6, 6.07) is 5.35. The van der Waals surface area contributed by atoms with Crippen LogP contribution in [-0.2, 0) is 0 Å². The number of hydrogen-bond acceptors (Lipinski definition) is 6. The summed E-state index contributed by atoms with van der Waals surface area (Å²) in [4.78, 5) is 8.94. The Bertz CT molecular complexity index is 1040. The van der Waals surface area contributed by atoms with Gasteiger partial charge in [-0.2, -0.15) is 9.61 Å². The van der Waals surface area contributed by atoms with Gasteiger partial charge in [0.1, 0.15) is 10.7 Å². The molecule has 0 aliphatic heterocycles. The quantitative estimate of drug-likeness (QED) is 0.539. The molecule has 0 radical (unpaired) electrons. The van der Waals surface area contributed by atoms with Crippen molar-refractivity contribution in [3.8, 4) is 11.5 Å². The summed E-state index contributed by atoms with van der Waals surface area (Å²) in [5.41, 5.74) is 1.48. The minimum absolute atomic E-state index is 0.554. The maximum atomic E-state index is 6.16. The number of rotatable bonds is 3. The third kappa shape index (κ3) is 2.89.